The van der Waals surface area contributed by atoms with Crippen LogP contribution in [0.25, 0.3) is 0 Å². The molecule has 108 valence electrons. The summed E-state index contributed by atoms with van der Waals surface area (Å²) in [7, 11) is -3.43. The molecule has 0 aliphatic rings. The van der Waals surface area contributed by atoms with E-state index in [9.17, 15) is 8.42 Å². The molecule has 1 heterocycles. The molecule has 0 spiro atoms. The summed E-state index contributed by atoms with van der Waals surface area (Å²) in [5, 5.41) is 0. The lowest BCUT2D eigenvalue weighted by Gasteiger charge is -2.23. The molecule has 1 rings (SSSR count). The van der Waals surface area contributed by atoms with Gasteiger partial charge in [-0.3, -0.25) is 0 Å². The lowest BCUT2D eigenvalue weighted by molar-refractivity contribution is 0.375. The maximum absolute atomic E-state index is 12.5. The van der Waals surface area contributed by atoms with Gasteiger partial charge in [0, 0.05) is 24.4 Å². The van der Waals surface area contributed by atoms with Gasteiger partial charge in [-0.05, 0) is 25.0 Å². The van der Waals surface area contributed by atoms with Crippen LogP contribution in [0.5, 0.6) is 0 Å². The standard InChI is InChI=1S/C12H20N2O2S3/c1-9(2)8-14(7-6-11(13)17)19(15,16)12-5-4-10(3)18-12/h4-5,9H,6-8H2,1-3H3,(H2,13,17). The lowest BCUT2D eigenvalue weighted by Crippen LogP contribution is -2.36. The van der Waals surface area contributed by atoms with E-state index in [1.807, 2.05) is 26.8 Å². The zero-order valence-electron chi connectivity index (χ0n) is 11.4. The molecule has 0 bridgehead atoms. The van der Waals surface area contributed by atoms with Gasteiger partial charge in [0.05, 0.1) is 4.99 Å². The molecule has 19 heavy (non-hydrogen) atoms. The quantitative estimate of drug-likeness (QED) is 0.784. The first-order valence-corrected chi connectivity index (χ1v) is 8.75. The van der Waals surface area contributed by atoms with Gasteiger partial charge in [-0.2, -0.15) is 4.31 Å². The molecular formula is C12H20N2O2S3. The van der Waals surface area contributed by atoms with Gasteiger partial charge >= 0.3 is 0 Å². The van der Waals surface area contributed by atoms with Gasteiger partial charge in [0.25, 0.3) is 10.0 Å². The van der Waals surface area contributed by atoms with E-state index >= 15 is 0 Å². The number of aryl methyl sites for hydroxylation is 1. The van der Waals surface area contributed by atoms with Crippen LogP contribution in [0.1, 0.15) is 25.1 Å². The molecule has 7 heteroatoms. The summed E-state index contributed by atoms with van der Waals surface area (Å²) in [6, 6.07) is 3.47. The molecule has 0 atom stereocenters. The van der Waals surface area contributed by atoms with Crippen LogP contribution in [0.15, 0.2) is 16.3 Å². The van der Waals surface area contributed by atoms with E-state index < -0.39 is 10.0 Å². The summed E-state index contributed by atoms with van der Waals surface area (Å²) in [6.07, 6.45) is 0.408. The van der Waals surface area contributed by atoms with Gasteiger partial charge in [-0.15, -0.1) is 11.3 Å². The fourth-order valence-corrected chi connectivity index (χ4v) is 4.76. The first-order valence-electron chi connectivity index (χ1n) is 6.08. The molecule has 0 aromatic carbocycles. The second-order valence-electron chi connectivity index (χ2n) is 4.84. The average Bonchev–Trinajstić information content (AvgIpc) is 2.70. The molecule has 0 aliphatic carbocycles. The molecule has 0 saturated carbocycles. The minimum absolute atomic E-state index is 0.252. The summed E-state index contributed by atoms with van der Waals surface area (Å²) in [5.74, 6) is 0.252. The molecule has 4 nitrogen and oxygen atoms in total. The number of thiocarbonyl (C=S) groups is 1. The summed E-state index contributed by atoms with van der Waals surface area (Å²) in [6.45, 7) is 6.69. The molecule has 0 fully saturated rings. The Bertz CT molecular complexity index is 535. The minimum atomic E-state index is -3.43. The van der Waals surface area contributed by atoms with Gasteiger partial charge in [0.2, 0.25) is 0 Å². The topological polar surface area (TPSA) is 63.4 Å². The number of hydrogen-bond donors (Lipinski definition) is 1. The molecule has 1 aromatic heterocycles. The van der Waals surface area contributed by atoms with E-state index in [2.05, 4.69) is 0 Å². The Balaban J connectivity index is 2.98. The fourth-order valence-electron chi connectivity index (χ4n) is 1.63. The monoisotopic (exact) mass is 320 g/mol. The van der Waals surface area contributed by atoms with Crippen molar-refractivity contribution in [2.45, 2.75) is 31.4 Å². The second kappa shape index (κ2) is 6.78. The molecule has 1 aromatic rings. The Labute approximate surface area is 124 Å². The number of thiophene rings is 1. The van der Waals surface area contributed by atoms with Crippen LogP contribution >= 0.6 is 23.6 Å². The molecule has 2 N–H and O–H groups in total. The van der Waals surface area contributed by atoms with E-state index in [0.29, 0.717) is 28.7 Å². The minimum Gasteiger partial charge on any atom is -0.393 e. The zero-order chi connectivity index (χ0) is 14.6. The maximum atomic E-state index is 12.5. The van der Waals surface area contributed by atoms with Crippen molar-refractivity contribution in [3.05, 3.63) is 17.0 Å². The van der Waals surface area contributed by atoms with Gasteiger partial charge < -0.3 is 5.73 Å². The largest absolute Gasteiger partial charge is 0.393 e. The Kier molecular flexibility index (Phi) is 5.91. The van der Waals surface area contributed by atoms with Gasteiger partial charge in [-0.1, -0.05) is 26.1 Å². The Morgan fingerprint density at radius 3 is 2.53 bits per heavy atom. The predicted octanol–water partition coefficient (Wildman–Crippen LogP) is 2.38. The van der Waals surface area contributed by atoms with E-state index in [0.717, 1.165) is 4.88 Å². The van der Waals surface area contributed by atoms with Crippen LogP contribution in [0.3, 0.4) is 0 Å². The van der Waals surface area contributed by atoms with Gasteiger partial charge in [-0.25, -0.2) is 8.42 Å². The molecular weight excluding hydrogens is 300 g/mol. The highest BCUT2D eigenvalue weighted by molar-refractivity contribution is 7.91. The smallest absolute Gasteiger partial charge is 0.252 e. The number of sulfonamides is 1. The van der Waals surface area contributed by atoms with Crippen molar-refractivity contribution < 1.29 is 8.42 Å². The number of nitrogens with zero attached hydrogens (tertiary/aromatic N) is 1. The predicted molar refractivity (Wildman–Crippen MR) is 84.1 cm³/mol. The molecule has 0 amide bonds. The maximum Gasteiger partial charge on any atom is 0.252 e. The van der Waals surface area contributed by atoms with E-state index in [4.69, 9.17) is 18.0 Å². The van der Waals surface area contributed by atoms with Crippen LogP contribution in [-0.2, 0) is 10.0 Å². The van der Waals surface area contributed by atoms with Crippen molar-refractivity contribution in [2.75, 3.05) is 13.1 Å². The highest BCUT2D eigenvalue weighted by Gasteiger charge is 2.26. The van der Waals surface area contributed by atoms with Crippen molar-refractivity contribution in [1.82, 2.24) is 4.31 Å². The molecule has 0 unspecified atom stereocenters. The normalized spacial score (nSPS) is 12.3. The lowest BCUT2D eigenvalue weighted by atomic mass is 10.2. The van der Waals surface area contributed by atoms with E-state index in [1.165, 1.54) is 15.6 Å². The van der Waals surface area contributed by atoms with Crippen LogP contribution in [0.2, 0.25) is 0 Å². The third-order valence-corrected chi connectivity index (χ3v) is 6.02. The van der Waals surface area contributed by atoms with Crippen molar-refractivity contribution in [3.8, 4) is 0 Å². The van der Waals surface area contributed by atoms with Crippen LogP contribution in [0.4, 0.5) is 0 Å². The Hall–Kier alpha value is -0.500. The number of nitrogens with two attached hydrogens (primary N) is 1. The van der Waals surface area contributed by atoms with Crippen molar-refractivity contribution >= 4 is 38.6 Å². The Morgan fingerprint density at radius 1 is 1.47 bits per heavy atom. The first-order chi connectivity index (χ1) is 8.73. The van der Waals surface area contributed by atoms with Crippen molar-refractivity contribution in [3.63, 3.8) is 0 Å². The molecule has 0 radical (unpaired) electrons. The van der Waals surface area contributed by atoms with Crippen molar-refractivity contribution in [2.24, 2.45) is 11.7 Å². The zero-order valence-corrected chi connectivity index (χ0v) is 13.9. The first kappa shape index (κ1) is 16.6. The molecule has 0 saturated heterocycles. The third-order valence-electron chi connectivity index (χ3n) is 2.49. The van der Waals surface area contributed by atoms with Crippen LogP contribution in [0, 0.1) is 12.8 Å². The fraction of sp³-hybridized carbons (Fsp3) is 0.583. The Morgan fingerprint density at radius 2 is 2.11 bits per heavy atom. The van der Waals surface area contributed by atoms with E-state index in [1.54, 1.807) is 6.07 Å². The summed E-state index contributed by atoms with van der Waals surface area (Å²) in [5.41, 5.74) is 5.47. The average molecular weight is 321 g/mol. The van der Waals surface area contributed by atoms with Crippen molar-refractivity contribution in [1.29, 1.82) is 0 Å². The number of hydrogen-bond acceptors (Lipinski definition) is 4. The SMILES string of the molecule is Cc1ccc(S(=O)(=O)N(CCC(N)=S)CC(C)C)s1. The van der Waals surface area contributed by atoms with Gasteiger partial charge in [0.1, 0.15) is 4.21 Å². The highest BCUT2D eigenvalue weighted by atomic mass is 32.2. The van der Waals surface area contributed by atoms with E-state index in [-0.39, 0.29) is 5.92 Å². The van der Waals surface area contributed by atoms with Gasteiger partial charge in [0.15, 0.2) is 0 Å². The second-order valence-corrected chi connectivity index (χ2v) is 8.82. The number of rotatable bonds is 7. The summed E-state index contributed by atoms with van der Waals surface area (Å²) >= 11 is 6.12. The third kappa shape index (κ3) is 4.83. The summed E-state index contributed by atoms with van der Waals surface area (Å²) in [4.78, 5) is 1.32. The van der Waals surface area contributed by atoms with Crippen LogP contribution in [-0.4, -0.2) is 30.8 Å². The highest BCUT2D eigenvalue weighted by Crippen LogP contribution is 2.25. The van der Waals surface area contributed by atoms with Crippen LogP contribution < -0.4 is 5.73 Å². The molecule has 0 aliphatic heterocycles. The summed E-state index contributed by atoms with van der Waals surface area (Å²) < 4.78 is 26.9.